The normalized spacial score (nSPS) is 11.8. The molecule has 7 heteroatoms. The molecular formula is C17H14F2O4S. The van der Waals surface area contributed by atoms with Crippen LogP contribution in [0.15, 0.2) is 59.5 Å². The van der Waals surface area contributed by atoms with Crippen molar-refractivity contribution < 1.29 is 26.7 Å². The number of carbonyl (C=O) groups excluding carboxylic acids is 1. The molecule has 0 heterocycles. The van der Waals surface area contributed by atoms with Gasteiger partial charge in [-0.2, -0.15) is 8.78 Å². The summed E-state index contributed by atoms with van der Waals surface area (Å²) in [4.78, 5) is 12.2. The van der Waals surface area contributed by atoms with Crippen molar-refractivity contribution in [1.29, 1.82) is 0 Å². The molecule has 0 atom stereocenters. The Balaban J connectivity index is 2.07. The maximum Gasteiger partial charge on any atom is 0.387 e. The van der Waals surface area contributed by atoms with E-state index in [0.29, 0.717) is 11.1 Å². The Morgan fingerprint density at radius 1 is 1.04 bits per heavy atom. The fraction of sp³-hybridized carbons (Fsp3) is 0.118. The van der Waals surface area contributed by atoms with Crippen LogP contribution in [0.3, 0.4) is 0 Å². The summed E-state index contributed by atoms with van der Waals surface area (Å²) in [7, 11) is -3.31. The molecule has 0 spiro atoms. The van der Waals surface area contributed by atoms with Crippen LogP contribution in [-0.2, 0) is 9.84 Å². The molecule has 0 aromatic heterocycles. The molecule has 0 amide bonds. The SMILES string of the molecule is CS(=O)(=O)c1ccc(C(=O)/C=C/c2ccc(OC(F)F)cc2)cc1. The van der Waals surface area contributed by atoms with Gasteiger partial charge < -0.3 is 4.74 Å². The van der Waals surface area contributed by atoms with Gasteiger partial charge in [-0.05, 0) is 48.0 Å². The van der Waals surface area contributed by atoms with E-state index in [4.69, 9.17) is 0 Å². The van der Waals surface area contributed by atoms with Crippen molar-refractivity contribution in [3.05, 3.63) is 65.7 Å². The second-order valence-electron chi connectivity index (χ2n) is 4.94. The van der Waals surface area contributed by atoms with Gasteiger partial charge in [-0.3, -0.25) is 4.79 Å². The number of benzene rings is 2. The first-order valence-electron chi connectivity index (χ1n) is 6.83. The molecule has 0 saturated carbocycles. The van der Waals surface area contributed by atoms with Crippen LogP contribution < -0.4 is 4.74 Å². The first-order chi connectivity index (χ1) is 11.3. The van der Waals surface area contributed by atoms with E-state index in [1.54, 1.807) is 0 Å². The van der Waals surface area contributed by atoms with Crippen molar-refractivity contribution in [1.82, 2.24) is 0 Å². The van der Waals surface area contributed by atoms with Crippen LogP contribution in [0.4, 0.5) is 8.78 Å². The monoisotopic (exact) mass is 352 g/mol. The van der Waals surface area contributed by atoms with E-state index in [9.17, 15) is 22.0 Å². The molecule has 0 aliphatic heterocycles. The molecule has 0 unspecified atom stereocenters. The summed E-state index contributed by atoms with van der Waals surface area (Å²) in [6.45, 7) is -2.89. The van der Waals surface area contributed by atoms with E-state index in [-0.39, 0.29) is 16.4 Å². The molecule has 4 nitrogen and oxygen atoms in total. The largest absolute Gasteiger partial charge is 0.435 e. The number of alkyl halides is 2. The fourth-order valence-corrected chi connectivity index (χ4v) is 2.53. The first-order valence-corrected chi connectivity index (χ1v) is 8.72. The highest BCUT2D eigenvalue weighted by Gasteiger charge is 2.08. The molecule has 2 aromatic carbocycles. The Hall–Kier alpha value is -2.54. The second kappa shape index (κ2) is 7.35. The fourth-order valence-electron chi connectivity index (χ4n) is 1.89. The number of hydrogen-bond donors (Lipinski definition) is 0. The van der Waals surface area contributed by atoms with Crippen molar-refractivity contribution in [2.45, 2.75) is 11.5 Å². The van der Waals surface area contributed by atoms with Crippen molar-refractivity contribution in [2.75, 3.05) is 6.26 Å². The summed E-state index contributed by atoms with van der Waals surface area (Å²) in [6, 6.07) is 11.4. The highest BCUT2D eigenvalue weighted by Crippen LogP contribution is 2.16. The Labute approximate surface area is 138 Å². The van der Waals surface area contributed by atoms with Crippen molar-refractivity contribution in [3.8, 4) is 5.75 Å². The summed E-state index contributed by atoms with van der Waals surface area (Å²) in [5.41, 5.74) is 0.981. The number of ketones is 1. The Bertz CT molecular complexity index is 839. The third-order valence-corrected chi connectivity index (χ3v) is 4.23. The summed E-state index contributed by atoms with van der Waals surface area (Å²) in [6.07, 6.45) is 3.93. The average Bonchev–Trinajstić information content (AvgIpc) is 2.52. The van der Waals surface area contributed by atoms with Gasteiger partial charge >= 0.3 is 6.61 Å². The number of allylic oxidation sites excluding steroid dienone is 1. The number of carbonyl (C=O) groups is 1. The Morgan fingerprint density at radius 2 is 1.62 bits per heavy atom. The lowest BCUT2D eigenvalue weighted by atomic mass is 10.1. The number of sulfone groups is 1. The standard InChI is InChI=1S/C17H14F2O4S/c1-24(21,22)15-9-5-13(6-10-15)16(20)11-4-12-2-7-14(8-3-12)23-17(18)19/h2-11,17H,1H3/b11-4+. The van der Waals surface area contributed by atoms with Gasteiger partial charge in [-0.15, -0.1) is 0 Å². The van der Waals surface area contributed by atoms with Crippen LogP contribution in [-0.4, -0.2) is 27.1 Å². The van der Waals surface area contributed by atoms with Gasteiger partial charge in [0.15, 0.2) is 15.6 Å². The van der Waals surface area contributed by atoms with Gasteiger partial charge in [0.1, 0.15) is 5.75 Å². The number of hydrogen-bond acceptors (Lipinski definition) is 4. The Morgan fingerprint density at radius 3 is 2.12 bits per heavy atom. The highest BCUT2D eigenvalue weighted by atomic mass is 32.2. The predicted octanol–water partition coefficient (Wildman–Crippen LogP) is 3.59. The molecule has 0 radical (unpaired) electrons. The van der Waals surface area contributed by atoms with Crippen molar-refractivity contribution in [2.24, 2.45) is 0 Å². The number of halogens is 2. The zero-order chi connectivity index (χ0) is 17.7. The molecule has 0 aliphatic rings. The molecule has 0 N–H and O–H groups in total. The molecular weight excluding hydrogens is 338 g/mol. The first kappa shape index (κ1) is 17.8. The minimum atomic E-state index is -3.31. The van der Waals surface area contributed by atoms with Crippen LogP contribution in [0.25, 0.3) is 6.08 Å². The molecule has 0 aliphatic carbocycles. The van der Waals surface area contributed by atoms with Gasteiger partial charge in [0.2, 0.25) is 0 Å². The molecule has 2 rings (SSSR count). The Kier molecular flexibility index (Phi) is 5.46. The van der Waals surface area contributed by atoms with Crippen LogP contribution in [0.1, 0.15) is 15.9 Å². The van der Waals surface area contributed by atoms with E-state index in [0.717, 1.165) is 6.26 Å². The van der Waals surface area contributed by atoms with Gasteiger partial charge in [0, 0.05) is 11.8 Å². The summed E-state index contributed by atoms with van der Waals surface area (Å²) in [5, 5.41) is 0. The molecule has 0 saturated heterocycles. The van der Waals surface area contributed by atoms with E-state index >= 15 is 0 Å². The molecule has 2 aromatic rings. The van der Waals surface area contributed by atoms with E-state index < -0.39 is 16.4 Å². The quantitative estimate of drug-likeness (QED) is 0.589. The van der Waals surface area contributed by atoms with Crippen LogP contribution in [0, 0.1) is 0 Å². The zero-order valence-electron chi connectivity index (χ0n) is 12.6. The number of rotatable bonds is 6. The van der Waals surface area contributed by atoms with Crippen LogP contribution in [0.5, 0.6) is 5.75 Å². The highest BCUT2D eigenvalue weighted by molar-refractivity contribution is 7.90. The maximum absolute atomic E-state index is 12.0. The van der Waals surface area contributed by atoms with Crippen LogP contribution in [0.2, 0.25) is 0 Å². The summed E-state index contributed by atoms with van der Waals surface area (Å²) in [5.74, 6) is -0.271. The van der Waals surface area contributed by atoms with Gasteiger partial charge in [-0.1, -0.05) is 18.2 Å². The third kappa shape index (κ3) is 4.99. The van der Waals surface area contributed by atoms with E-state index in [1.165, 1.54) is 60.7 Å². The van der Waals surface area contributed by atoms with Crippen molar-refractivity contribution >= 4 is 21.7 Å². The predicted molar refractivity (Wildman–Crippen MR) is 86.0 cm³/mol. The third-order valence-electron chi connectivity index (χ3n) is 3.10. The zero-order valence-corrected chi connectivity index (χ0v) is 13.5. The lowest BCUT2D eigenvalue weighted by Crippen LogP contribution is -2.01. The molecule has 0 fully saturated rings. The second-order valence-corrected chi connectivity index (χ2v) is 6.96. The summed E-state index contributed by atoms with van der Waals surface area (Å²) >= 11 is 0. The average molecular weight is 352 g/mol. The smallest absolute Gasteiger partial charge is 0.387 e. The van der Waals surface area contributed by atoms with Gasteiger partial charge in [0.05, 0.1) is 4.90 Å². The minimum Gasteiger partial charge on any atom is -0.435 e. The summed E-state index contributed by atoms with van der Waals surface area (Å²) < 4.78 is 51.0. The van der Waals surface area contributed by atoms with Gasteiger partial charge in [-0.25, -0.2) is 8.42 Å². The van der Waals surface area contributed by atoms with E-state index in [1.807, 2.05) is 0 Å². The maximum atomic E-state index is 12.0. The molecule has 126 valence electrons. The van der Waals surface area contributed by atoms with Gasteiger partial charge in [0.25, 0.3) is 0 Å². The molecule has 0 bridgehead atoms. The number of ether oxygens (including phenoxy) is 1. The minimum absolute atomic E-state index is 0.0323. The van der Waals surface area contributed by atoms with Crippen molar-refractivity contribution in [3.63, 3.8) is 0 Å². The molecule has 24 heavy (non-hydrogen) atoms. The lowest BCUT2D eigenvalue weighted by molar-refractivity contribution is -0.0498. The van der Waals surface area contributed by atoms with Crippen LogP contribution >= 0.6 is 0 Å². The van der Waals surface area contributed by atoms with E-state index in [2.05, 4.69) is 4.74 Å². The lowest BCUT2D eigenvalue weighted by Gasteiger charge is -2.03. The topological polar surface area (TPSA) is 60.4 Å².